The van der Waals surface area contributed by atoms with Crippen LogP contribution in [0.15, 0.2) is 30.5 Å². The normalized spacial score (nSPS) is 18.7. The van der Waals surface area contributed by atoms with Crippen LogP contribution in [0, 0.1) is 0 Å². The summed E-state index contributed by atoms with van der Waals surface area (Å²) in [4.78, 5) is 23.3. The third-order valence-electron chi connectivity index (χ3n) is 6.02. The SMILES string of the molecule is CCc1cnn2c(Nc3cccc(NC(C)=O)c3)nc(N[C@H]3CC[C@H](N(C)C)CC3)nc12. The van der Waals surface area contributed by atoms with E-state index in [2.05, 4.69) is 47.0 Å². The summed E-state index contributed by atoms with van der Waals surface area (Å²) in [6, 6.07) is 8.54. The molecule has 1 fully saturated rings. The Morgan fingerprint density at radius 3 is 2.59 bits per heavy atom. The number of carbonyl (C=O) groups excluding carboxylic acids is 1. The first-order valence-electron chi connectivity index (χ1n) is 11.2. The molecule has 3 aromatic rings. The Balaban J connectivity index is 1.59. The molecule has 1 amide bonds. The quantitative estimate of drug-likeness (QED) is 0.520. The number of nitrogens with one attached hydrogen (secondary N) is 3. The molecule has 0 unspecified atom stereocenters. The third-order valence-corrected chi connectivity index (χ3v) is 6.02. The maximum Gasteiger partial charge on any atom is 0.233 e. The molecule has 2 heterocycles. The van der Waals surface area contributed by atoms with Crippen LogP contribution in [0.25, 0.3) is 5.65 Å². The van der Waals surface area contributed by atoms with Gasteiger partial charge in [-0.25, -0.2) is 0 Å². The molecule has 32 heavy (non-hydrogen) atoms. The van der Waals surface area contributed by atoms with Crippen molar-refractivity contribution in [2.24, 2.45) is 0 Å². The van der Waals surface area contributed by atoms with Gasteiger partial charge >= 0.3 is 0 Å². The second kappa shape index (κ2) is 9.52. The lowest BCUT2D eigenvalue weighted by Crippen LogP contribution is -2.36. The van der Waals surface area contributed by atoms with Crippen molar-refractivity contribution in [2.75, 3.05) is 30.0 Å². The van der Waals surface area contributed by atoms with Gasteiger partial charge in [-0.05, 0) is 64.4 Å². The maximum absolute atomic E-state index is 11.4. The highest BCUT2D eigenvalue weighted by Gasteiger charge is 2.23. The minimum Gasteiger partial charge on any atom is -0.351 e. The Kier molecular flexibility index (Phi) is 6.55. The van der Waals surface area contributed by atoms with E-state index in [1.807, 2.05) is 30.5 Å². The van der Waals surface area contributed by atoms with Gasteiger partial charge in [-0.15, -0.1) is 0 Å². The number of anilines is 4. The fourth-order valence-electron chi connectivity index (χ4n) is 4.24. The number of benzene rings is 1. The van der Waals surface area contributed by atoms with Crippen molar-refractivity contribution >= 4 is 34.8 Å². The third kappa shape index (κ3) is 4.99. The summed E-state index contributed by atoms with van der Waals surface area (Å²) in [6.45, 7) is 3.59. The molecule has 0 bridgehead atoms. The molecular weight excluding hydrogens is 404 g/mol. The number of nitrogens with zero attached hydrogens (tertiary/aromatic N) is 5. The van der Waals surface area contributed by atoms with Crippen LogP contribution < -0.4 is 16.0 Å². The van der Waals surface area contributed by atoms with Gasteiger partial charge in [-0.2, -0.15) is 19.6 Å². The van der Waals surface area contributed by atoms with Crippen molar-refractivity contribution in [2.45, 2.75) is 58.0 Å². The van der Waals surface area contributed by atoms with Gasteiger partial charge in [0.2, 0.25) is 17.8 Å². The highest BCUT2D eigenvalue weighted by molar-refractivity contribution is 5.89. The van der Waals surface area contributed by atoms with Crippen LogP contribution in [0.3, 0.4) is 0 Å². The van der Waals surface area contributed by atoms with Crippen LogP contribution in [0.2, 0.25) is 0 Å². The van der Waals surface area contributed by atoms with E-state index in [1.54, 1.807) is 4.52 Å². The summed E-state index contributed by atoms with van der Waals surface area (Å²) < 4.78 is 1.73. The van der Waals surface area contributed by atoms with Gasteiger partial charge in [-0.3, -0.25) is 4.79 Å². The lowest BCUT2D eigenvalue weighted by molar-refractivity contribution is -0.114. The average Bonchev–Trinajstić information content (AvgIpc) is 3.17. The molecule has 0 saturated heterocycles. The van der Waals surface area contributed by atoms with Crippen LogP contribution in [0.1, 0.15) is 45.1 Å². The van der Waals surface area contributed by atoms with Gasteiger partial charge in [0, 0.05) is 35.9 Å². The van der Waals surface area contributed by atoms with Gasteiger partial charge in [0.05, 0.1) is 6.20 Å². The van der Waals surface area contributed by atoms with Gasteiger partial charge in [0.15, 0.2) is 5.65 Å². The Bertz CT molecular complexity index is 1080. The van der Waals surface area contributed by atoms with Gasteiger partial charge in [0.25, 0.3) is 0 Å². The van der Waals surface area contributed by atoms with E-state index in [0.717, 1.165) is 41.8 Å². The van der Waals surface area contributed by atoms with E-state index in [-0.39, 0.29) is 5.91 Å². The highest BCUT2D eigenvalue weighted by atomic mass is 16.1. The zero-order valence-corrected chi connectivity index (χ0v) is 19.2. The molecule has 0 spiro atoms. The summed E-state index contributed by atoms with van der Waals surface area (Å²) in [5.74, 6) is 1.09. The smallest absolute Gasteiger partial charge is 0.233 e. The number of rotatable bonds is 7. The summed E-state index contributed by atoms with van der Waals surface area (Å²) in [6.07, 6.45) is 7.21. The Labute approximate surface area is 188 Å². The largest absolute Gasteiger partial charge is 0.351 e. The van der Waals surface area contributed by atoms with E-state index >= 15 is 0 Å². The molecule has 1 aliphatic carbocycles. The fraction of sp³-hybridized carbons (Fsp3) is 0.478. The van der Waals surface area contributed by atoms with Crippen LogP contribution in [0.4, 0.5) is 23.3 Å². The van der Waals surface area contributed by atoms with Gasteiger partial charge < -0.3 is 20.9 Å². The molecule has 1 saturated carbocycles. The first kappa shape index (κ1) is 22.0. The number of hydrogen-bond donors (Lipinski definition) is 3. The van der Waals surface area contributed by atoms with E-state index in [9.17, 15) is 4.79 Å². The first-order chi connectivity index (χ1) is 15.4. The monoisotopic (exact) mass is 436 g/mol. The molecule has 0 radical (unpaired) electrons. The second-order valence-electron chi connectivity index (χ2n) is 8.63. The van der Waals surface area contributed by atoms with Crippen LogP contribution in [-0.4, -0.2) is 56.6 Å². The number of aryl methyl sites for hydroxylation is 1. The standard InChI is InChI=1S/C23H32N8O/c1-5-16-14-24-31-21(16)28-22(26-17-9-11-20(12-10-17)30(3)4)29-23(31)27-19-8-6-7-18(13-19)25-15(2)32/h6-8,13-14,17,20H,5,9-12H2,1-4H3,(H,25,32)(H2,26,27,28,29)/t17-,20-. The molecule has 1 aromatic carbocycles. The number of aromatic nitrogens is 4. The minimum absolute atomic E-state index is 0.110. The zero-order chi connectivity index (χ0) is 22.7. The number of fused-ring (bicyclic) bond motifs is 1. The summed E-state index contributed by atoms with van der Waals surface area (Å²) in [5.41, 5.74) is 3.40. The van der Waals surface area contributed by atoms with E-state index in [0.29, 0.717) is 24.0 Å². The van der Waals surface area contributed by atoms with Crippen molar-refractivity contribution in [3.63, 3.8) is 0 Å². The Hall–Kier alpha value is -3.20. The summed E-state index contributed by atoms with van der Waals surface area (Å²) in [7, 11) is 4.31. The minimum atomic E-state index is -0.110. The zero-order valence-electron chi connectivity index (χ0n) is 19.2. The lowest BCUT2D eigenvalue weighted by atomic mass is 9.91. The Morgan fingerprint density at radius 1 is 1.16 bits per heavy atom. The van der Waals surface area contributed by atoms with E-state index in [1.165, 1.54) is 19.8 Å². The molecule has 0 aliphatic heterocycles. The van der Waals surface area contributed by atoms with Crippen molar-refractivity contribution in [3.8, 4) is 0 Å². The van der Waals surface area contributed by atoms with Gasteiger partial charge in [0.1, 0.15) is 0 Å². The topological polar surface area (TPSA) is 99.5 Å². The van der Waals surface area contributed by atoms with E-state index in [4.69, 9.17) is 9.97 Å². The Morgan fingerprint density at radius 2 is 1.91 bits per heavy atom. The van der Waals surface area contributed by atoms with Crippen molar-refractivity contribution in [1.29, 1.82) is 0 Å². The fourth-order valence-corrected chi connectivity index (χ4v) is 4.24. The molecule has 170 valence electrons. The highest BCUT2D eigenvalue weighted by Crippen LogP contribution is 2.26. The van der Waals surface area contributed by atoms with Gasteiger partial charge in [-0.1, -0.05) is 13.0 Å². The number of carbonyl (C=O) groups is 1. The lowest BCUT2D eigenvalue weighted by Gasteiger charge is -2.33. The molecule has 9 nitrogen and oxygen atoms in total. The molecule has 3 N–H and O–H groups in total. The first-order valence-corrected chi connectivity index (χ1v) is 11.2. The number of amides is 1. The average molecular weight is 437 g/mol. The predicted molar refractivity (Wildman–Crippen MR) is 128 cm³/mol. The van der Waals surface area contributed by atoms with Crippen molar-refractivity contribution in [1.82, 2.24) is 24.5 Å². The van der Waals surface area contributed by atoms with E-state index < -0.39 is 0 Å². The van der Waals surface area contributed by atoms with Crippen LogP contribution in [0.5, 0.6) is 0 Å². The predicted octanol–water partition coefficient (Wildman–Crippen LogP) is 3.67. The maximum atomic E-state index is 11.4. The summed E-state index contributed by atoms with van der Waals surface area (Å²) >= 11 is 0. The molecule has 0 atom stereocenters. The molecule has 4 rings (SSSR count). The second-order valence-corrected chi connectivity index (χ2v) is 8.63. The number of hydrogen-bond acceptors (Lipinski definition) is 7. The van der Waals surface area contributed by atoms with Crippen molar-refractivity contribution < 1.29 is 4.79 Å². The molecule has 2 aromatic heterocycles. The van der Waals surface area contributed by atoms with Crippen LogP contribution in [-0.2, 0) is 11.2 Å². The molecular formula is C23H32N8O. The van der Waals surface area contributed by atoms with Crippen molar-refractivity contribution in [3.05, 3.63) is 36.0 Å². The summed E-state index contributed by atoms with van der Waals surface area (Å²) in [5, 5.41) is 14.2. The molecule has 9 heteroatoms. The molecule has 1 aliphatic rings. The van der Waals surface area contributed by atoms with Crippen LogP contribution >= 0.6 is 0 Å².